The van der Waals surface area contributed by atoms with Crippen LogP contribution in [0.1, 0.15) is 56.4 Å². The summed E-state index contributed by atoms with van der Waals surface area (Å²) in [7, 11) is 0.144. The van der Waals surface area contributed by atoms with E-state index in [4.69, 9.17) is 56.6 Å². The number of fused-ring (bicyclic) bond motifs is 4. The van der Waals surface area contributed by atoms with Gasteiger partial charge in [0.15, 0.2) is 35.6 Å². The Hall–Kier alpha value is -3.71. The summed E-state index contributed by atoms with van der Waals surface area (Å²) in [6, 6.07) is 5.79. The molecular formula is C37H48NO17P. The number of ether oxygens (including phenoxy) is 11. The zero-order valence-corrected chi connectivity index (χ0v) is 32.9. The van der Waals surface area contributed by atoms with Gasteiger partial charge < -0.3 is 66.8 Å². The zero-order valence-electron chi connectivity index (χ0n) is 32.0. The van der Waals surface area contributed by atoms with Crippen molar-refractivity contribution in [2.75, 3.05) is 47.7 Å². The standard InChI is InChI=1S/C37H48NO17P/c1-16(2)51-35(41)17(3)38-56(43,15-44-5)55-33-25(45-6)8-19(9-26(33)46-7)28-20-10-23-24(50-14-49-23)11-21(20)32(22-12-48-36(42)29(22)28)54-37-31(40)30(39)34-27(53-37)13-47-18(4)52-34/h8-11,16-18,22,27-32,34,37,39-40H,12-15H2,1-7H3,(H,38,43)/t17-,18+,22-,27+,28+,29-,30+,31+,32+,34+,37-,56?/m0/s1. The summed E-state index contributed by atoms with van der Waals surface area (Å²) in [5.41, 5.74) is 1.76. The van der Waals surface area contributed by atoms with Gasteiger partial charge in [0.25, 0.3) is 0 Å². The van der Waals surface area contributed by atoms with E-state index < -0.39 is 98.8 Å². The van der Waals surface area contributed by atoms with Gasteiger partial charge in [-0.05, 0) is 68.7 Å². The molecule has 308 valence electrons. The number of methoxy groups -OCH3 is 3. The molecule has 3 N–H and O–H groups in total. The molecule has 0 radical (unpaired) electrons. The lowest BCUT2D eigenvalue weighted by Gasteiger charge is -2.47. The van der Waals surface area contributed by atoms with Gasteiger partial charge in [-0.3, -0.25) is 14.2 Å². The predicted molar refractivity (Wildman–Crippen MR) is 191 cm³/mol. The maximum absolute atomic E-state index is 14.2. The molecule has 3 fully saturated rings. The summed E-state index contributed by atoms with van der Waals surface area (Å²) in [6.45, 7) is 6.63. The quantitative estimate of drug-likeness (QED) is 0.196. The Kier molecular flexibility index (Phi) is 11.8. The largest absolute Gasteiger partial charge is 0.493 e. The van der Waals surface area contributed by atoms with Gasteiger partial charge in [0, 0.05) is 18.9 Å². The van der Waals surface area contributed by atoms with E-state index in [2.05, 4.69) is 5.09 Å². The van der Waals surface area contributed by atoms with Crippen LogP contribution in [-0.4, -0.2) is 119 Å². The molecular weight excluding hydrogens is 761 g/mol. The number of aliphatic hydroxyl groups is 2. The van der Waals surface area contributed by atoms with E-state index in [0.717, 1.165) is 0 Å². The molecule has 0 amide bonds. The van der Waals surface area contributed by atoms with Gasteiger partial charge in [-0.2, -0.15) is 0 Å². The first-order valence-corrected chi connectivity index (χ1v) is 20.1. The van der Waals surface area contributed by atoms with Crippen LogP contribution < -0.4 is 28.6 Å². The predicted octanol–water partition coefficient (Wildman–Crippen LogP) is 2.74. The lowest BCUT2D eigenvalue weighted by atomic mass is 9.66. The van der Waals surface area contributed by atoms with Gasteiger partial charge in [0.2, 0.25) is 12.5 Å². The van der Waals surface area contributed by atoms with Crippen molar-refractivity contribution in [1.29, 1.82) is 0 Å². The minimum atomic E-state index is -3.98. The van der Waals surface area contributed by atoms with Crippen LogP contribution in [0.15, 0.2) is 24.3 Å². The summed E-state index contributed by atoms with van der Waals surface area (Å²) in [4.78, 5) is 26.4. The Morgan fingerprint density at radius 3 is 2.27 bits per heavy atom. The number of nitrogens with one attached hydrogen (secondary N) is 1. The molecule has 56 heavy (non-hydrogen) atoms. The fourth-order valence-electron chi connectivity index (χ4n) is 7.90. The van der Waals surface area contributed by atoms with E-state index in [1.54, 1.807) is 45.0 Å². The first-order chi connectivity index (χ1) is 26.7. The monoisotopic (exact) mass is 809 g/mol. The van der Waals surface area contributed by atoms with Crippen molar-refractivity contribution in [2.24, 2.45) is 11.8 Å². The molecule has 3 saturated heterocycles. The van der Waals surface area contributed by atoms with Crippen LogP contribution in [0.4, 0.5) is 0 Å². The Balaban J connectivity index is 1.26. The Morgan fingerprint density at radius 1 is 0.946 bits per heavy atom. The number of benzene rings is 2. The average molecular weight is 810 g/mol. The van der Waals surface area contributed by atoms with Crippen LogP contribution in [0.3, 0.4) is 0 Å². The van der Waals surface area contributed by atoms with Crippen LogP contribution >= 0.6 is 7.52 Å². The zero-order chi connectivity index (χ0) is 40.1. The second kappa shape index (κ2) is 16.3. The highest BCUT2D eigenvalue weighted by atomic mass is 31.2. The summed E-state index contributed by atoms with van der Waals surface area (Å²) in [5, 5.41) is 25.0. The van der Waals surface area contributed by atoms with Crippen LogP contribution in [-0.2, 0) is 47.3 Å². The maximum atomic E-state index is 14.2. The van der Waals surface area contributed by atoms with Gasteiger partial charge in [-0.15, -0.1) is 0 Å². The Labute approximate surface area is 323 Å². The summed E-state index contributed by atoms with van der Waals surface area (Å²) < 4.78 is 83.5. The fourth-order valence-corrected chi connectivity index (χ4v) is 9.59. The topological polar surface area (TPSA) is 214 Å². The van der Waals surface area contributed by atoms with E-state index in [9.17, 15) is 24.4 Å². The van der Waals surface area contributed by atoms with Crippen molar-refractivity contribution in [3.63, 3.8) is 0 Å². The number of esters is 2. The SMILES string of the molecule is COCP(=O)(N[C@@H](C)C(=O)OC(C)C)Oc1c(OC)cc([C@@H]2c3cc4c(cc3[C@@H](O[C@@H]3O[C@@H]5CO[C@@H](C)O[C@H]5[C@H](O)[C@H]3O)[C@H]3COC(=O)[C@H]23)OCO4)cc1OC. The lowest BCUT2D eigenvalue weighted by molar-refractivity contribution is -0.364. The van der Waals surface area contributed by atoms with Gasteiger partial charge >= 0.3 is 19.5 Å². The van der Waals surface area contributed by atoms with Gasteiger partial charge in [-0.25, -0.2) is 5.09 Å². The number of rotatable bonds is 13. The molecule has 0 aromatic heterocycles. The van der Waals surface area contributed by atoms with Crippen molar-refractivity contribution in [3.05, 3.63) is 41.0 Å². The van der Waals surface area contributed by atoms with Crippen LogP contribution in [0.25, 0.3) is 0 Å². The smallest absolute Gasteiger partial charge is 0.342 e. The fraction of sp³-hybridized carbons (Fsp3) is 0.622. The number of hydrogen-bond donors (Lipinski definition) is 3. The van der Waals surface area contributed by atoms with E-state index in [-0.39, 0.29) is 37.3 Å². The normalized spacial score (nSPS) is 32.0. The molecule has 4 aliphatic heterocycles. The van der Waals surface area contributed by atoms with Gasteiger partial charge in [0.05, 0.1) is 45.6 Å². The first-order valence-electron chi connectivity index (χ1n) is 18.3. The third-order valence-corrected chi connectivity index (χ3v) is 12.2. The number of aliphatic hydroxyl groups excluding tert-OH is 2. The van der Waals surface area contributed by atoms with E-state index >= 15 is 0 Å². The Bertz CT molecular complexity index is 1810. The average Bonchev–Trinajstić information content (AvgIpc) is 3.79. The van der Waals surface area contributed by atoms with Crippen molar-refractivity contribution >= 4 is 19.5 Å². The number of carbonyl (C=O) groups excluding carboxylic acids is 2. The van der Waals surface area contributed by atoms with E-state index in [1.807, 2.05) is 0 Å². The summed E-state index contributed by atoms with van der Waals surface area (Å²) in [6.07, 6.45) is -8.04. The molecule has 2 aromatic rings. The molecule has 0 bridgehead atoms. The lowest BCUT2D eigenvalue weighted by Crippen LogP contribution is -2.63. The highest BCUT2D eigenvalue weighted by Crippen LogP contribution is 2.58. The third kappa shape index (κ3) is 7.66. The minimum Gasteiger partial charge on any atom is -0.493 e. The van der Waals surface area contributed by atoms with Crippen molar-refractivity contribution < 1.29 is 81.0 Å². The molecule has 1 unspecified atom stereocenters. The number of cyclic esters (lactones) is 1. The highest BCUT2D eigenvalue weighted by molar-refractivity contribution is 7.57. The molecule has 2 aromatic carbocycles. The molecule has 0 saturated carbocycles. The number of hydrogen-bond acceptors (Lipinski definition) is 17. The van der Waals surface area contributed by atoms with E-state index in [0.29, 0.717) is 28.2 Å². The molecule has 12 atom stereocenters. The number of carbonyl (C=O) groups is 2. The first kappa shape index (κ1) is 40.5. The maximum Gasteiger partial charge on any atom is 0.342 e. The van der Waals surface area contributed by atoms with Gasteiger partial charge in [-0.1, -0.05) is 0 Å². The molecule has 1 aliphatic carbocycles. The highest BCUT2D eigenvalue weighted by Gasteiger charge is 2.56. The second-order valence-corrected chi connectivity index (χ2v) is 16.5. The molecule has 5 aliphatic rings. The van der Waals surface area contributed by atoms with Crippen LogP contribution in [0, 0.1) is 11.8 Å². The molecule has 19 heteroatoms. The third-order valence-electron chi connectivity index (χ3n) is 10.4. The minimum absolute atomic E-state index is 0.0293. The van der Waals surface area contributed by atoms with E-state index in [1.165, 1.54) is 28.3 Å². The van der Waals surface area contributed by atoms with Crippen molar-refractivity contribution in [1.82, 2.24) is 5.09 Å². The molecule has 18 nitrogen and oxygen atoms in total. The Morgan fingerprint density at radius 2 is 1.62 bits per heavy atom. The van der Waals surface area contributed by atoms with Crippen molar-refractivity contribution in [2.45, 2.75) is 88.9 Å². The summed E-state index contributed by atoms with van der Waals surface area (Å²) in [5.74, 6) is -2.26. The van der Waals surface area contributed by atoms with Crippen LogP contribution in [0.2, 0.25) is 0 Å². The van der Waals surface area contributed by atoms with Gasteiger partial charge in [0.1, 0.15) is 36.8 Å². The van der Waals surface area contributed by atoms with Crippen LogP contribution in [0.5, 0.6) is 28.7 Å². The molecule has 7 rings (SSSR count). The summed E-state index contributed by atoms with van der Waals surface area (Å²) >= 11 is 0. The second-order valence-electron chi connectivity index (χ2n) is 14.5. The molecule has 0 spiro atoms. The molecule has 4 heterocycles. The van der Waals surface area contributed by atoms with Crippen molar-refractivity contribution in [3.8, 4) is 28.7 Å².